The molecule has 0 unspecified atom stereocenters. The van der Waals surface area contributed by atoms with Crippen LogP contribution < -0.4 is 10.1 Å². The molecule has 0 fully saturated rings. The van der Waals surface area contributed by atoms with Crippen LogP contribution in [0.1, 0.15) is 16.9 Å². The standard InChI is InChI=1S/C15H16N2O2/c18-15(14-9-4-5-10-16-14)17-11-6-12-19-13-7-2-1-3-8-13/h1-5,7-10H,6,11-12H2,(H,17,18). The number of hydrogen-bond acceptors (Lipinski definition) is 3. The van der Waals surface area contributed by atoms with E-state index in [9.17, 15) is 4.79 Å². The number of carbonyl (C=O) groups excluding carboxylic acids is 1. The number of pyridine rings is 1. The summed E-state index contributed by atoms with van der Waals surface area (Å²) in [5.74, 6) is 0.693. The lowest BCUT2D eigenvalue weighted by Crippen LogP contribution is -2.26. The van der Waals surface area contributed by atoms with Gasteiger partial charge < -0.3 is 10.1 Å². The molecular formula is C15H16N2O2. The summed E-state index contributed by atoms with van der Waals surface area (Å²) in [5.41, 5.74) is 0.437. The van der Waals surface area contributed by atoms with Gasteiger partial charge in [0.05, 0.1) is 6.61 Å². The minimum atomic E-state index is -0.152. The van der Waals surface area contributed by atoms with E-state index < -0.39 is 0 Å². The van der Waals surface area contributed by atoms with Gasteiger partial charge in [-0.25, -0.2) is 0 Å². The molecule has 98 valence electrons. The number of rotatable bonds is 6. The van der Waals surface area contributed by atoms with Crippen LogP contribution in [0.15, 0.2) is 54.7 Å². The Morgan fingerprint density at radius 3 is 2.63 bits per heavy atom. The third kappa shape index (κ3) is 4.43. The van der Waals surface area contributed by atoms with Gasteiger partial charge in [0.1, 0.15) is 11.4 Å². The van der Waals surface area contributed by atoms with Crippen LogP contribution in [0.5, 0.6) is 5.75 Å². The summed E-state index contributed by atoms with van der Waals surface area (Å²) in [6.45, 7) is 1.15. The van der Waals surface area contributed by atoms with Crippen molar-refractivity contribution in [3.05, 3.63) is 60.4 Å². The number of aromatic nitrogens is 1. The molecule has 0 spiro atoms. The molecule has 1 amide bonds. The Labute approximate surface area is 112 Å². The van der Waals surface area contributed by atoms with Crippen LogP contribution in [0.25, 0.3) is 0 Å². The number of para-hydroxylation sites is 1. The molecule has 2 rings (SSSR count). The van der Waals surface area contributed by atoms with Gasteiger partial charge in [-0.1, -0.05) is 24.3 Å². The van der Waals surface area contributed by atoms with Gasteiger partial charge in [0.2, 0.25) is 0 Å². The fraction of sp³-hybridized carbons (Fsp3) is 0.200. The highest BCUT2D eigenvalue weighted by atomic mass is 16.5. The lowest BCUT2D eigenvalue weighted by Gasteiger charge is -2.06. The Morgan fingerprint density at radius 2 is 1.89 bits per heavy atom. The smallest absolute Gasteiger partial charge is 0.269 e. The lowest BCUT2D eigenvalue weighted by molar-refractivity contribution is 0.0946. The van der Waals surface area contributed by atoms with Gasteiger partial charge in [0, 0.05) is 12.7 Å². The Balaban J connectivity index is 1.63. The second-order valence-corrected chi connectivity index (χ2v) is 3.99. The molecule has 0 aliphatic heterocycles. The maximum Gasteiger partial charge on any atom is 0.269 e. The third-order valence-electron chi connectivity index (χ3n) is 2.52. The van der Waals surface area contributed by atoms with Crippen molar-refractivity contribution in [3.63, 3.8) is 0 Å². The first kappa shape index (κ1) is 13.1. The molecule has 19 heavy (non-hydrogen) atoms. The quantitative estimate of drug-likeness (QED) is 0.807. The zero-order valence-corrected chi connectivity index (χ0v) is 10.6. The van der Waals surface area contributed by atoms with E-state index in [4.69, 9.17) is 4.74 Å². The summed E-state index contributed by atoms with van der Waals surface area (Å²) in [6, 6.07) is 14.9. The molecule has 1 aromatic heterocycles. The average Bonchev–Trinajstić information content (AvgIpc) is 2.49. The van der Waals surface area contributed by atoms with E-state index in [0.29, 0.717) is 18.8 Å². The molecule has 0 saturated heterocycles. The first-order chi connectivity index (χ1) is 9.36. The van der Waals surface area contributed by atoms with Crippen molar-refractivity contribution in [1.82, 2.24) is 10.3 Å². The molecule has 0 aliphatic rings. The monoisotopic (exact) mass is 256 g/mol. The summed E-state index contributed by atoms with van der Waals surface area (Å²) in [5, 5.41) is 2.80. The molecular weight excluding hydrogens is 240 g/mol. The average molecular weight is 256 g/mol. The summed E-state index contributed by atoms with van der Waals surface area (Å²) < 4.78 is 5.53. The van der Waals surface area contributed by atoms with Gasteiger partial charge in [-0.2, -0.15) is 0 Å². The van der Waals surface area contributed by atoms with E-state index in [1.54, 1.807) is 24.4 Å². The maximum absolute atomic E-state index is 11.7. The number of hydrogen-bond donors (Lipinski definition) is 1. The molecule has 0 aliphatic carbocycles. The topological polar surface area (TPSA) is 51.2 Å². The summed E-state index contributed by atoms with van der Waals surface area (Å²) >= 11 is 0. The maximum atomic E-state index is 11.7. The highest BCUT2D eigenvalue weighted by Crippen LogP contribution is 2.08. The van der Waals surface area contributed by atoms with Gasteiger partial charge >= 0.3 is 0 Å². The fourth-order valence-corrected chi connectivity index (χ4v) is 1.57. The fourth-order valence-electron chi connectivity index (χ4n) is 1.57. The number of nitrogens with zero attached hydrogens (tertiary/aromatic N) is 1. The lowest BCUT2D eigenvalue weighted by atomic mass is 10.3. The number of benzene rings is 1. The molecule has 1 heterocycles. The Morgan fingerprint density at radius 1 is 1.11 bits per heavy atom. The summed E-state index contributed by atoms with van der Waals surface area (Å²) in [7, 11) is 0. The molecule has 1 aromatic carbocycles. The Kier molecular flexibility index (Phi) is 4.93. The second-order valence-electron chi connectivity index (χ2n) is 3.99. The number of carbonyl (C=O) groups is 1. The van der Waals surface area contributed by atoms with Gasteiger partial charge in [-0.3, -0.25) is 9.78 Å². The van der Waals surface area contributed by atoms with Crippen LogP contribution in [0.4, 0.5) is 0 Å². The van der Waals surface area contributed by atoms with Crippen LogP contribution in [-0.2, 0) is 0 Å². The van der Waals surface area contributed by atoms with Crippen LogP contribution >= 0.6 is 0 Å². The van der Waals surface area contributed by atoms with Gasteiger partial charge in [-0.05, 0) is 30.7 Å². The van der Waals surface area contributed by atoms with Crippen molar-refractivity contribution in [2.45, 2.75) is 6.42 Å². The normalized spacial score (nSPS) is 9.89. The van der Waals surface area contributed by atoms with Gasteiger partial charge in [0.15, 0.2) is 0 Å². The molecule has 0 radical (unpaired) electrons. The minimum Gasteiger partial charge on any atom is -0.494 e. The van der Waals surface area contributed by atoms with Crippen LogP contribution in [0, 0.1) is 0 Å². The SMILES string of the molecule is O=C(NCCCOc1ccccc1)c1ccccn1. The van der Waals surface area contributed by atoms with Crippen LogP contribution in [-0.4, -0.2) is 24.0 Å². The molecule has 1 N–H and O–H groups in total. The van der Waals surface area contributed by atoms with Gasteiger partial charge in [0.25, 0.3) is 5.91 Å². The van der Waals surface area contributed by atoms with Crippen molar-refractivity contribution in [2.75, 3.05) is 13.2 Å². The van der Waals surface area contributed by atoms with E-state index in [0.717, 1.165) is 12.2 Å². The van der Waals surface area contributed by atoms with Gasteiger partial charge in [-0.15, -0.1) is 0 Å². The summed E-state index contributed by atoms with van der Waals surface area (Å²) in [4.78, 5) is 15.6. The zero-order chi connectivity index (χ0) is 13.3. The van der Waals surface area contributed by atoms with E-state index in [-0.39, 0.29) is 5.91 Å². The summed E-state index contributed by atoms with van der Waals surface area (Å²) in [6.07, 6.45) is 2.36. The van der Waals surface area contributed by atoms with Crippen LogP contribution in [0.2, 0.25) is 0 Å². The van der Waals surface area contributed by atoms with Crippen molar-refractivity contribution in [1.29, 1.82) is 0 Å². The van der Waals surface area contributed by atoms with Crippen molar-refractivity contribution < 1.29 is 9.53 Å². The molecule has 2 aromatic rings. The molecule has 0 saturated carbocycles. The second kappa shape index (κ2) is 7.16. The van der Waals surface area contributed by atoms with E-state index >= 15 is 0 Å². The predicted octanol–water partition coefficient (Wildman–Crippen LogP) is 2.28. The van der Waals surface area contributed by atoms with Crippen molar-refractivity contribution in [3.8, 4) is 5.75 Å². The number of ether oxygens (including phenoxy) is 1. The number of nitrogens with one attached hydrogen (secondary N) is 1. The molecule has 0 atom stereocenters. The zero-order valence-electron chi connectivity index (χ0n) is 10.6. The number of amides is 1. The Hall–Kier alpha value is -2.36. The first-order valence-corrected chi connectivity index (χ1v) is 6.23. The first-order valence-electron chi connectivity index (χ1n) is 6.23. The van der Waals surface area contributed by atoms with Crippen LogP contribution in [0.3, 0.4) is 0 Å². The highest BCUT2D eigenvalue weighted by molar-refractivity contribution is 5.92. The highest BCUT2D eigenvalue weighted by Gasteiger charge is 2.04. The van der Waals surface area contributed by atoms with Crippen molar-refractivity contribution >= 4 is 5.91 Å². The predicted molar refractivity (Wildman–Crippen MR) is 73.1 cm³/mol. The molecule has 4 nitrogen and oxygen atoms in total. The third-order valence-corrected chi connectivity index (χ3v) is 2.52. The minimum absolute atomic E-state index is 0.152. The Bertz CT molecular complexity index is 500. The van der Waals surface area contributed by atoms with Crippen molar-refractivity contribution in [2.24, 2.45) is 0 Å². The molecule has 0 bridgehead atoms. The van der Waals surface area contributed by atoms with E-state index in [2.05, 4.69) is 10.3 Å². The van der Waals surface area contributed by atoms with E-state index in [1.165, 1.54) is 0 Å². The van der Waals surface area contributed by atoms with E-state index in [1.807, 2.05) is 30.3 Å². The molecule has 4 heteroatoms. The largest absolute Gasteiger partial charge is 0.494 e.